The predicted octanol–water partition coefficient (Wildman–Crippen LogP) is 11.5. The molecule has 17 heteroatoms. The number of aliphatic hydroxyl groups is 3. The molecule has 0 radical (unpaired) electrons. The minimum absolute atomic E-state index is 0. The highest BCUT2D eigenvalue weighted by Crippen LogP contribution is 2.33. The summed E-state index contributed by atoms with van der Waals surface area (Å²) in [7, 11) is 0. The van der Waals surface area contributed by atoms with E-state index < -0.39 is 0 Å². The minimum Gasteiger partial charge on any atom is -0.392 e. The summed E-state index contributed by atoms with van der Waals surface area (Å²) in [5, 5.41) is 55.5. The Morgan fingerprint density at radius 1 is 0.519 bits per heavy atom. The second-order valence-electron chi connectivity index (χ2n) is 18.3. The standard InChI is InChI=1S/C23H24N4O2.C18H14BrN3O2.C18H15N3O2.3CH4/c1-16-22(21(29)14-26-9-3-2-4-10-26)23-20(11-18(15-28)13-25-23)27(16)19-7-5-17(12-24)6-8-19;1-11-17(16(24)7-19)18-15(6-13(10-23)9-21-18)22(11)14-4-2-12(8-20)3-5-14;1-11-17(12(2)23)18-16(7-14(10-22)9-20-18)21(11)15-5-3-13(8-19)4-6-15;;;/h5-8,11,13,28H,2-4,9-10,14-15H2,1H3;2-6,9,23H,7,10H2,1H3;3-7,9,22H,10H2,1-2H3;3*1H4. The molecule has 16 nitrogen and oxygen atoms in total. The van der Waals surface area contributed by atoms with E-state index in [1.54, 1.807) is 55.0 Å². The first-order valence-corrected chi connectivity index (χ1v) is 25.6. The number of halogens is 1. The van der Waals surface area contributed by atoms with Crippen molar-refractivity contribution in [3.63, 3.8) is 0 Å². The molecule has 0 bridgehead atoms. The van der Waals surface area contributed by atoms with Gasteiger partial charge < -0.3 is 29.0 Å². The SMILES string of the molecule is C.C.C.CC(=O)c1c(C)n(-c2ccc(C#N)cc2)c2cc(CO)cnc12.Cc1c(C(=O)CBr)c2ncc(CO)cc2n1-c1ccc(C#N)cc1.Cc1c(C(=O)CN2CCCCC2)c2ncc(CO)cc2n1-c1ccc(C#N)cc1. The first kappa shape index (κ1) is 61.4. The van der Waals surface area contributed by atoms with Crippen molar-refractivity contribution < 1.29 is 29.7 Å². The number of hydrogen-bond donors (Lipinski definition) is 3. The third-order valence-corrected chi connectivity index (χ3v) is 14.0. The fraction of sp³-hybridized carbons (Fsp3) is 0.274. The Bertz CT molecular complexity index is 3790. The van der Waals surface area contributed by atoms with Crippen LogP contribution in [0.1, 0.15) is 130 Å². The molecule has 0 aliphatic carbocycles. The molecule has 0 saturated carbocycles. The van der Waals surface area contributed by atoms with Crippen molar-refractivity contribution in [2.75, 3.05) is 25.0 Å². The van der Waals surface area contributed by atoms with Gasteiger partial charge in [-0.3, -0.25) is 34.2 Å². The molecule has 1 aliphatic rings. The van der Waals surface area contributed by atoms with E-state index in [0.717, 1.165) is 76.6 Å². The molecule has 6 aromatic heterocycles. The molecular weight excluding hydrogens is 1060 g/mol. The van der Waals surface area contributed by atoms with Gasteiger partial charge in [-0.15, -0.1) is 0 Å². The summed E-state index contributed by atoms with van der Waals surface area (Å²) in [5.41, 5.74) is 14.7. The van der Waals surface area contributed by atoms with Crippen LogP contribution in [0, 0.1) is 54.8 Å². The second-order valence-corrected chi connectivity index (χ2v) is 18.9. The summed E-state index contributed by atoms with van der Waals surface area (Å²) in [6.07, 6.45) is 8.29. The van der Waals surface area contributed by atoms with Crippen molar-refractivity contribution in [1.29, 1.82) is 15.8 Å². The summed E-state index contributed by atoms with van der Waals surface area (Å²) in [6, 6.07) is 33.4. The fourth-order valence-corrected chi connectivity index (χ4v) is 10.1. The maximum Gasteiger partial charge on any atom is 0.180 e. The fourth-order valence-electron chi connectivity index (χ4n) is 9.83. The van der Waals surface area contributed by atoms with Crippen molar-refractivity contribution >= 4 is 66.4 Å². The monoisotopic (exact) mass is 1120 g/mol. The van der Waals surface area contributed by atoms with E-state index in [-0.39, 0.29) is 64.8 Å². The van der Waals surface area contributed by atoms with Crippen molar-refractivity contribution in [2.24, 2.45) is 0 Å². The second kappa shape index (κ2) is 27.2. The molecule has 79 heavy (non-hydrogen) atoms. The van der Waals surface area contributed by atoms with Gasteiger partial charge in [0.25, 0.3) is 0 Å². The summed E-state index contributed by atoms with van der Waals surface area (Å²) >= 11 is 3.22. The number of carbonyl (C=O) groups is 3. The van der Waals surface area contributed by atoms with Gasteiger partial charge in [0.05, 0.1) is 116 Å². The first-order chi connectivity index (χ1) is 36.8. The molecule has 7 heterocycles. The molecule has 1 aliphatic heterocycles. The highest BCUT2D eigenvalue weighted by molar-refractivity contribution is 9.09. The number of pyridine rings is 3. The maximum atomic E-state index is 13.3. The maximum absolute atomic E-state index is 13.3. The Hall–Kier alpha value is -8.47. The van der Waals surface area contributed by atoms with E-state index in [2.05, 4.69) is 54.0 Å². The number of hydrogen-bond acceptors (Lipinski definition) is 13. The van der Waals surface area contributed by atoms with Crippen molar-refractivity contribution in [2.45, 2.75) is 89.1 Å². The van der Waals surface area contributed by atoms with Crippen LogP contribution in [0.5, 0.6) is 0 Å². The van der Waals surface area contributed by atoms with E-state index in [9.17, 15) is 29.7 Å². The van der Waals surface area contributed by atoms with Gasteiger partial charge in [-0.05, 0) is 161 Å². The molecule has 1 fully saturated rings. The molecule has 10 rings (SSSR count). The van der Waals surface area contributed by atoms with Crippen molar-refractivity contribution in [3.05, 3.63) is 177 Å². The molecule has 0 unspecified atom stereocenters. The molecule has 0 atom stereocenters. The molecule has 3 aromatic carbocycles. The number of Topliss-reactive ketones (excluding diaryl/α,β-unsaturated/α-hetero) is 3. The number of ketones is 3. The molecular formula is C62H65BrN10O6. The third-order valence-electron chi connectivity index (χ3n) is 13.5. The lowest BCUT2D eigenvalue weighted by molar-refractivity contribution is 0.0915. The smallest absolute Gasteiger partial charge is 0.180 e. The normalized spacial score (nSPS) is 11.8. The summed E-state index contributed by atoms with van der Waals surface area (Å²) in [6.45, 7) is 9.16. The van der Waals surface area contributed by atoms with Gasteiger partial charge in [0.2, 0.25) is 0 Å². The Labute approximate surface area is 469 Å². The Balaban J connectivity index is 0.000000216. The number of alkyl halides is 1. The number of aromatic nitrogens is 6. The molecule has 9 aromatic rings. The molecule has 1 saturated heterocycles. The van der Waals surface area contributed by atoms with Gasteiger partial charge in [-0.1, -0.05) is 44.6 Å². The summed E-state index contributed by atoms with van der Waals surface area (Å²) in [4.78, 5) is 53.2. The first-order valence-electron chi connectivity index (χ1n) is 24.5. The van der Waals surface area contributed by atoms with Gasteiger partial charge in [0.15, 0.2) is 17.3 Å². The van der Waals surface area contributed by atoms with Crippen LogP contribution in [-0.4, -0.2) is 91.2 Å². The van der Waals surface area contributed by atoms with Crippen LogP contribution in [0.15, 0.2) is 110 Å². The lowest BCUT2D eigenvalue weighted by Crippen LogP contribution is -2.34. The average molecular weight is 1130 g/mol. The number of piperidine rings is 1. The van der Waals surface area contributed by atoms with Crippen LogP contribution in [-0.2, 0) is 19.8 Å². The van der Waals surface area contributed by atoms with Crippen LogP contribution in [0.25, 0.3) is 50.2 Å². The number of nitriles is 3. The van der Waals surface area contributed by atoms with E-state index in [1.165, 1.54) is 13.3 Å². The lowest BCUT2D eigenvalue weighted by Gasteiger charge is -2.25. The zero-order chi connectivity index (χ0) is 54.2. The Morgan fingerprint density at radius 3 is 1.14 bits per heavy atom. The van der Waals surface area contributed by atoms with Gasteiger partial charge in [-0.25, -0.2) is 0 Å². The highest BCUT2D eigenvalue weighted by atomic mass is 79.9. The van der Waals surface area contributed by atoms with Gasteiger partial charge in [-0.2, -0.15) is 15.8 Å². The lowest BCUT2D eigenvalue weighted by atomic mass is 10.1. The third kappa shape index (κ3) is 12.6. The number of nitrogens with zero attached hydrogens (tertiary/aromatic N) is 10. The highest BCUT2D eigenvalue weighted by Gasteiger charge is 2.26. The Kier molecular flexibility index (Phi) is 21.1. The van der Waals surface area contributed by atoms with Crippen LogP contribution in [0.4, 0.5) is 0 Å². The number of aliphatic hydroxyl groups excluding tert-OH is 3. The molecule has 0 spiro atoms. The average Bonchev–Trinajstić information content (AvgIpc) is 4.22. The van der Waals surface area contributed by atoms with E-state index in [0.29, 0.717) is 73.2 Å². The van der Waals surface area contributed by atoms with Crippen LogP contribution < -0.4 is 0 Å². The zero-order valence-electron chi connectivity index (χ0n) is 42.4. The number of likely N-dealkylation sites (tertiary alicyclic amines) is 1. The summed E-state index contributed by atoms with van der Waals surface area (Å²) in [5.74, 6) is -0.0238. The Morgan fingerprint density at radius 2 is 0.835 bits per heavy atom. The largest absolute Gasteiger partial charge is 0.392 e. The van der Waals surface area contributed by atoms with Gasteiger partial charge in [0, 0.05) is 52.7 Å². The van der Waals surface area contributed by atoms with E-state index in [4.69, 9.17) is 15.8 Å². The van der Waals surface area contributed by atoms with Crippen LogP contribution in [0.2, 0.25) is 0 Å². The molecule has 406 valence electrons. The minimum atomic E-state index is -0.123. The number of carbonyl (C=O) groups excluding carboxylic acids is 3. The van der Waals surface area contributed by atoms with Crippen LogP contribution in [0.3, 0.4) is 0 Å². The van der Waals surface area contributed by atoms with Crippen molar-refractivity contribution in [1.82, 2.24) is 33.6 Å². The van der Waals surface area contributed by atoms with Crippen LogP contribution >= 0.6 is 15.9 Å². The zero-order valence-corrected chi connectivity index (χ0v) is 44.0. The molecule has 0 amide bonds. The number of benzene rings is 3. The quantitative estimate of drug-likeness (QED) is 0.0763. The van der Waals surface area contributed by atoms with Gasteiger partial charge in [0.1, 0.15) is 0 Å². The predicted molar refractivity (Wildman–Crippen MR) is 312 cm³/mol. The number of fused-ring (bicyclic) bond motifs is 3. The molecule has 3 N–H and O–H groups in total. The van der Waals surface area contributed by atoms with E-state index >= 15 is 0 Å². The van der Waals surface area contributed by atoms with E-state index in [1.807, 2.05) is 89.1 Å². The van der Waals surface area contributed by atoms with Crippen molar-refractivity contribution in [3.8, 4) is 35.3 Å². The summed E-state index contributed by atoms with van der Waals surface area (Å²) < 4.78 is 5.85. The topological polar surface area (TPSA) is 240 Å². The number of rotatable bonds is 12. The van der Waals surface area contributed by atoms with Gasteiger partial charge >= 0.3 is 0 Å².